The summed E-state index contributed by atoms with van der Waals surface area (Å²) in [7, 11) is 6.32. The van der Waals surface area contributed by atoms with Crippen molar-refractivity contribution in [2.75, 3.05) is 28.4 Å². The minimum absolute atomic E-state index is 0.141. The van der Waals surface area contributed by atoms with Crippen molar-refractivity contribution >= 4 is 21.8 Å². The minimum atomic E-state index is -0.441. The second-order valence-electron chi connectivity index (χ2n) is 5.83. The molecule has 0 aromatic heterocycles. The first-order valence-electron chi connectivity index (χ1n) is 8.36. The minimum Gasteiger partial charge on any atom is -0.496 e. The Bertz CT molecular complexity index is 781. The summed E-state index contributed by atoms with van der Waals surface area (Å²) in [6.07, 6.45) is 0.297. The maximum Gasteiger partial charge on any atom is 0.226 e. The molecule has 6 nitrogen and oxygen atoms in total. The van der Waals surface area contributed by atoms with Gasteiger partial charge in [-0.3, -0.25) is 4.79 Å². The monoisotopic (exact) mass is 437 g/mol. The molecule has 0 saturated carbocycles. The van der Waals surface area contributed by atoms with Crippen LogP contribution < -0.4 is 19.5 Å². The van der Waals surface area contributed by atoms with Crippen LogP contribution in [-0.4, -0.2) is 40.6 Å². The zero-order valence-electron chi connectivity index (χ0n) is 15.9. The first-order chi connectivity index (χ1) is 13.0. The van der Waals surface area contributed by atoms with Crippen LogP contribution in [0.2, 0.25) is 0 Å². The molecule has 0 aliphatic carbocycles. The van der Waals surface area contributed by atoms with Gasteiger partial charge in [-0.15, -0.1) is 0 Å². The van der Waals surface area contributed by atoms with Crippen LogP contribution in [0.3, 0.4) is 0 Å². The predicted molar refractivity (Wildman–Crippen MR) is 107 cm³/mol. The number of carbonyl (C=O) groups is 1. The third-order valence-corrected chi connectivity index (χ3v) is 4.71. The average Bonchev–Trinajstić information content (AvgIpc) is 2.68. The van der Waals surface area contributed by atoms with E-state index in [1.54, 1.807) is 40.6 Å². The molecule has 146 valence electrons. The highest BCUT2D eigenvalue weighted by Crippen LogP contribution is 2.28. The van der Waals surface area contributed by atoms with Crippen molar-refractivity contribution in [1.82, 2.24) is 5.32 Å². The van der Waals surface area contributed by atoms with Crippen LogP contribution in [0.4, 0.5) is 0 Å². The van der Waals surface area contributed by atoms with E-state index >= 15 is 0 Å². The number of hydrogen-bond donors (Lipinski definition) is 1. The molecule has 2 aromatic rings. The van der Waals surface area contributed by atoms with Crippen LogP contribution in [0.25, 0.3) is 0 Å². The summed E-state index contributed by atoms with van der Waals surface area (Å²) in [6.45, 7) is 0. The SMILES string of the molecule is COc1cc(CC(NC(=O)Cc2ccc(OC)c(OC)c2)OC)ccc1Br. The highest BCUT2D eigenvalue weighted by molar-refractivity contribution is 9.10. The number of rotatable bonds is 9. The molecule has 2 rings (SSSR count). The van der Waals surface area contributed by atoms with Crippen molar-refractivity contribution in [3.8, 4) is 17.2 Å². The van der Waals surface area contributed by atoms with E-state index in [4.69, 9.17) is 18.9 Å². The van der Waals surface area contributed by atoms with Gasteiger partial charge in [-0.25, -0.2) is 0 Å². The molecule has 0 spiro atoms. The third-order valence-electron chi connectivity index (χ3n) is 4.06. The first-order valence-corrected chi connectivity index (χ1v) is 9.15. The van der Waals surface area contributed by atoms with E-state index in [0.29, 0.717) is 17.9 Å². The lowest BCUT2D eigenvalue weighted by Gasteiger charge is -2.18. The number of carbonyl (C=O) groups excluding carboxylic acids is 1. The topological polar surface area (TPSA) is 66.0 Å². The summed E-state index contributed by atoms with van der Waals surface area (Å²) in [6, 6.07) is 11.2. The maximum atomic E-state index is 12.4. The Morgan fingerprint density at radius 3 is 2.19 bits per heavy atom. The van der Waals surface area contributed by atoms with Crippen LogP contribution >= 0.6 is 15.9 Å². The van der Waals surface area contributed by atoms with Crippen LogP contribution in [0, 0.1) is 0 Å². The summed E-state index contributed by atoms with van der Waals surface area (Å²) in [5.41, 5.74) is 1.82. The second kappa shape index (κ2) is 10.2. The van der Waals surface area contributed by atoms with Crippen LogP contribution in [-0.2, 0) is 22.4 Å². The predicted octanol–water partition coefficient (Wildman–Crippen LogP) is 3.35. The number of halogens is 1. The zero-order valence-corrected chi connectivity index (χ0v) is 17.5. The third kappa shape index (κ3) is 5.87. The van der Waals surface area contributed by atoms with E-state index in [0.717, 1.165) is 21.3 Å². The molecule has 0 aliphatic heterocycles. The Morgan fingerprint density at radius 2 is 1.56 bits per heavy atom. The molecule has 0 bridgehead atoms. The second-order valence-corrected chi connectivity index (χ2v) is 6.69. The Morgan fingerprint density at radius 1 is 0.926 bits per heavy atom. The summed E-state index contributed by atoms with van der Waals surface area (Å²) < 4.78 is 22.1. The van der Waals surface area contributed by atoms with Gasteiger partial charge in [0.1, 0.15) is 12.0 Å². The van der Waals surface area contributed by atoms with Crippen molar-refractivity contribution in [2.45, 2.75) is 19.1 Å². The molecule has 1 unspecified atom stereocenters. The lowest BCUT2D eigenvalue weighted by atomic mass is 10.1. The average molecular weight is 438 g/mol. The Labute approximate surface area is 167 Å². The molecular formula is C20H24BrNO5. The first kappa shape index (κ1) is 21.1. The van der Waals surface area contributed by atoms with E-state index in [9.17, 15) is 4.79 Å². The van der Waals surface area contributed by atoms with E-state index < -0.39 is 6.23 Å². The van der Waals surface area contributed by atoms with Crippen LogP contribution in [0.15, 0.2) is 40.9 Å². The Kier molecular flexibility index (Phi) is 7.94. The fraction of sp³-hybridized carbons (Fsp3) is 0.350. The van der Waals surface area contributed by atoms with Gasteiger partial charge in [0.25, 0.3) is 0 Å². The van der Waals surface area contributed by atoms with Crippen LogP contribution in [0.1, 0.15) is 11.1 Å². The van der Waals surface area contributed by atoms with Crippen LogP contribution in [0.5, 0.6) is 17.2 Å². The van der Waals surface area contributed by atoms with Crippen molar-refractivity contribution in [2.24, 2.45) is 0 Å². The fourth-order valence-electron chi connectivity index (χ4n) is 2.65. The number of amides is 1. The molecule has 0 saturated heterocycles. The molecule has 0 radical (unpaired) electrons. The molecule has 1 amide bonds. The summed E-state index contributed by atoms with van der Waals surface area (Å²) in [4.78, 5) is 12.4. The van der Waals surface area contributed by atoms with E-state index in [-0.39, 0.29) is 12.3 Å². The smallest absolute Gasteiger partial charge is 0.226 e. The van der Waals surface area contributed by atoms with Gasteiger partial charge in [0.15, 0.2) is 11.5 Å². The number of nitrogens with one attached hydrogen (secondary N) is 1. The molecular weight excluding hydrogens is 414 g/mol. The summed E-state index contributed by atoms with van der Waals surface area (Å²) >= 11 is 3.43. The number of hydrogen-bond acceptors (Lipinski definition) is 5. The molecule has 7 heteroatoms. The molecule has 0 aliphatic rings. The zero-order chi connectivity index (χ0) is 19.8. The Balaban J connectivity index is 2.00. The number of methoxy groups -OCH3 is 4. The molecule has 0 heterocycles. The number of benzene rings is 2. The standard InChI is InChI=1S/C20H24BrNO5/c1-24-16-8-6-13(10-18(16)26-3)11-19(23)22-20(27-4)12-14-5-7-15(21)17(9-14)25-2/h5-10,20H,11-12H2,1-4H3,(H,22,23). The van der Waals surface area contributed by atoms with E-state index in [1.807, 2.05) is 24.3 Å². The Hall–Kier alpha value is -2.25. The van der Waals surface area contributed by atoms with Gasteiger partial charge in [0.2, 0.25) is 5.91 Å². The van der Waals surface area contributed by atoms with Crippen molar-refractivity contribution < 1.29 is 23.7 Å². The van der Waals surface area contributed by atoms with E-state index in [1.165, 1.54) is 0 Å². The van der Waals surface area contributed by atoms with Gasteiger partial charge in [-0.1, -0.05) is 12.1 Å². The van der Waals surface area contributed by atoms with Crippen molar-refractivity contribution in [3.63, 3.8) is 0 Å². The highest BCUT2D eigenvalue weighted by atomic mass is 79.9. The van der Waals surface area contributed by atoms with Crippen molar-refractivity contribution in [3.05, 3.63) is 52.0 Å². The summed E-state index contributed by atoms with van der Waals surface area (Å²) in [5, 5.41) is 2.90. The largest absolute Gasteiger partial charge is 0.496 e. The normalized spacial score (nSPS) is 11.6. The molecule has 1 atom stereocenters. The van der Waals surface area contributed by atoms with Gasteiger partial charge in [0, 0.05) is 13.5 Å². The quantitative estimate of drug-likeness (QED) is 0.609. The highest BCUT2D eigenvalue weighted by Gasteiger charge is 2.15. The fourth-order valence-corrected chi connectivity index (χ4v) is 3.05. The molecule has 1 N–H and O–H groups in total. The van der Waals surface area contributed by atoms with Gasteiger partial charge in [-0.2, -0.15) is 0 Å². The molecule has 2 aromatic carbocycles. The lowest BCUT2D eigenvalue weighted by Crippen LogP contribution is -2.38. The van der Waals surface area contributed by atoms with E-state index in [2.05, 4.69) is 21.2 Å². The summed E-state index contributed by atoms with van der Waals surface area (Å²) in [5.74, 6) is 1.81. The van der Waals surface area contributed by atoms with Gasteiger partial charge in [0.05, 0.1) is 32.2 Å². The molecule has 0 fully saturated rings. The van der Waals surface area contributed by atoms with Gasteiger partial charge in [-0.05, 0) is 51.3 Å². The molecule has 27 heavy (non-hydrogen) atoms. The van der Waals surface area contributed by atoms with Gasteiger partial charge < -0.3 is 24.3 Å². The maximum absolute atomic E-state index is 12.4. The lowest BCUT2D eigenvalue weighted by molar-refractivity contribution is -0.124. The van der Waals surface area contributed by atoms with Crippen molar-refractivity contribution in [1.29, 1.82) is 0 Å². The van der Waals surface area contributed by atoms with Gasteiger partial charge >= 0.3 is 0 Å². The number of ether oxygens (including phenoxy) is 4.